The predicted molar refractivity (Wildman–Crippen MR) is 80.2 cm³/mol. The van der Waals surface area contributed by atoms with E-state index in [1.807, 2.05) is 19.1 Å². The number of hydrogen-bond donors (Lipinski definition) is 1. The van der Waals surface area contributed by atoms with E-state index in [-0.39, 0.29) is 11.8 Å². The van der Waals surface area contributed by atoms with Crippen molar-refractivity contribution in [2.45, 2.75) is 13.3 Å². The standard InChI is InChI=1S/C14H12N4O2S/c1-2-12-17-18-14(21-12)16-13(20)9-7-11(19)15-10-6-4-3-5-8(9)10/h3-8H,2H2,1H3,(H,16,18,20). The van der Waals surface area contributed by atoms with Gasteiger partial charge < -0.3 is 0 Å². The Morgan fingerprint density at radius 2 is 2.24 bits per heavy atom. The zero-order chi connectivity index (χ0) is 14.8. The number of nitrogens with one attached hydrogen (secondary N) is 1. The summed E-state index contributed by atoms with van der Waals surface area (Å²) < 4.78 is 0. The van der Waals surface area contributed by atoms with E-state index in [1.54, 1.807) is 12.2 Å². The van der Waals surface area contributed by atoms with Crippen molar-refractivity contribution in [1.82, 2.24) is 10.2 Å². The Bertz CT molecular complexity index is 727. The molecule has 0 saturated heterocycles. The van der Waals surface area contributed by atoms with Gasteiger partial charge in [-0.3, -0.25) is 14.9 Å². The molecule has 1 atom stereocenters. The molecule has 106 valence electrons. The molecule has 1 aromatic rings. The molecule has 1 unspecified atom stereocenters. The van der Waals surface area contributed by atoms with Crippen LogP contribution in [0.3, 0.4) is 0 Å². The quantitative estimate of drug-likeness (QED) is 0.920. The lowest BCUT2D eigenvalue weighted by Crippen LogP contribution is -2.28. The number of carbonyl (C=O) groups is 2. The molecule has 1 N–H and O–H groups in total. The van der Waals surface area contributed by atoms with Gasteiger partial charge in [-0.15, -0.1) is 10.2 Å². The summed E-state index contributed by atoms with van der Waals surface area (Å²) in [6.45, 7) is 1.97. The first-order valence-electron chi connectivity index (χ1n) is 6.50. The molecular weight excluding hydrogens is 288 g/mol. The first-order valence-corrected chi connectivity index (χ1v) is 7.31. The van der Waals surface area contributed by atoms with Gasteiger partial charge in [0.1, 0.15) is 5.01 Å². The molecule has 1 aliphatic carbocycles. The lowest BCUT2D eigenvalue weighted by atomic mass is 9.87. The molecule has 0 bridgehead atoms. The van der Waals surface area contributed by atoms with Crippen LogP contribution in [0, 0.1) is 5.92 Å². The number of anilines is 1. The first kappa shape index (κ1) is 13.6. The molecule has 2 amide bonds. The van der Waals surface area contributed by atoms with Crippen LogP contribution < -0.4 is 5.32 Å². The second-order valence-electron chi connectivity index (χ2n) is 4.50. The monoisotopic (exact) mass is 300 g/mol. The lowest BCUT2D eigenvalue weighted by Gasteiger charge is -2.20. The Kier molecular flexibility index (Phi) is 3.57. The molecular formula is C14H12N4O2S. The lowest BCUT2D eigenvalue weighted by molar-refractivity contribution is -0.116. The maximum absolute atomic E-state index is 12.4. The van der Waals surface area contributed by atoms with E-state index in [0.717, 1.165) is 11.4 Å². The zero-order valence-electron chi connectivity index (χ0n) is 11.2. The van der Waals surface area contributed by atoms with Crippen molar-refractivity contribution in [2.24, 2.45) is 10.9 Å². The highest BCUT2D eigenvalue weighted by atomic mass is 32.1. The van der Waals surface area contributed by atoms with Crippen molar-refractivity contribution in [2.75, 3.05) is 5.32 Å². The third kappa shape index (κ3) is 2.73. The number of rotatable bonds is 3. The van der Waals surface area contributed by atoms with Crippen molar-refractivity contribution >= 4 is 34.0 Å². The van der Waals surface area contributed by atoms with Gasteiger partial charge >= 0.3 is 0 Å². The summed E-state index contributed by atoms with van der Waals surface area (Å²) in [5.41, 5.74) is 0.959. The summed E-state index contributed by atoms with van der Waals surface area (Å²) in [6.07, 6.45) is 9.25. The molecule has 3 rings (SSSR count). The second-order valence-corrected chi connectivity index (χ2v) is 5.57. The van der Waals surface area contributed by atoms with Crippen LogP contribution >= 0.6 is 11.3 Å². The number of aliphatic imine (C=N–C) groups is 1. The number of hydrogen-bond acceptors (Lipinski definition) is 5. The van der Waals surface area contributed by atoms with Gasteiger partial charge in [0, 0.05) is 11.6 Å². The molecule has 2 heterocycles. The van der Waals surface area contributed by atoms with Gasteiger partial charge in [0.05, 0.1) is 11.6 Å². The van der Waals surface area contributed by atoms with Crippen molar-refractivity contribution in [3.63, 3.8) is 0 Å². The van der Waals surface area contributed by atoms with Gasteiger partial charge in [-0.2, -0.15) is 0 Å². The topological polar surface area (TPSA) is 84.3 Å². The Labute approximate surface area is 125 Å². The summed E-state index contributed by atoms with van der Waals surface area (Å²) in [7, 11) is 0. The normalized spacial score (nSPS) is 19.9. The minimum atomic E-state index is -0.419. The SMILES string of the molecule is CCc1nnc(NC(=O)C2=CC(=O)N=C3C=CC=CC23)s1. The first-order chi connectivity index (χ1) is 10.2. The van der Waals surface area contributed by atoms with E-state index < -0.39 is 5.91 Å². The van der Waals surface area contributed by atoms with Crippen molar-refractivity contribution < 1.29 is 9.59 Å². The van der Waals surface area contributed by atoms with Gasteiger partial charge in [0.2, 0.25) is 5.13 Å². The number of allylic oxidation sites excluding steroid dienone is 4. The Morgan fingerprint density at radius 3 is 3.00 bits per heavy atom. The largest absolute Gasteiger partial charge is 0.297 e. The van der Waals surface area contributed by atoms with Crippen LogP contribution in [0.4, 0.5) is 5.13 Å². The molecule has 21 heavy (non-hydrogen) atoms. The summed E-state index contributed by atoms with van der Waals surface area (Å²) in [5, 5.41) is 11.8. The number of fused-ring (bicyclic) bond motifs is 1. The smallest absolute Gasteiger partial charge is 0.270 e. The molecule has 2 aliphatic rings. The summed E-state index contributed by atoms with van der Waals surface area (Å²) >= 11 is 1.33. The maximum atomic E-state index is 12.4. The summed E-state index contributed by atoms with van der Waals surface area (Å²) in [6, 6.07) is 0. The molecule has 0 radical (unpaired) electrons. The fourth-order valence-corrected chi connectivity index (χ4v) is 2.78. The zero-order valence-corrected chi connectivity index (χ0v) is 12.1. The van der Waals surface area contributed by atoms with E-state index in [9.17, 15) is 9.59 Å². The van der Waals surface area contributed by atoms with Crippen molar-refractivity contribution in [3.8, 4) is 0 Å². The van der Waals surface area contributed by atoms with Gasteiger partial charge in [0.25, 0.3) is 11.8 Å². The molecule has 0 saturated carbocycles. The molecule has 6 nitrogen and oxygen atoms in total. The third-order valence-corrected chi connectivity index (χ3v) is 4.09. The van der Waals surface area contributed by atoms with Crippen LogP contribution in [0.15, 0.2) is 40.9 Å². The molecule has 0 spiro atoms. The Balaban J connectivity index is 1.82. The highest BCUT2D eigenvalue weighted by Gasteiger charge is 2.28. The molecule has 1 aliphatic heterocycles. The fourth-order valence-electron chi connectivity index (χ4n) is 2.11. The molecule has 1 aromatic heterocycles. The van der Waals surface area contributed by atoms with E-state index >= 15 is 0 Å². The van der Waals surface area contributed by atoms with Crippen molar-refractivity contribution in [3.05, 3.63) is 41.0 Å². The highest BCUT2D eigenvalue weighted by Crippen LogP contribution is 2.25. The molecule has 7 heteroatoms. The van der Waals surface area contributed by atoms with Crippen LogP contribution in [-0.4, -0.2) is 27.7 Å². The van der Waals surface area contributed by atoms with E-state index in [4.69, 9.17) is 0 Å². The minimum absolute atomic E-state index is 0.286. The number of amides is 2. The second kappa shape index (κ2) is 5.53. The molecule has 0 fully saturated rings. The van der Waals surface area contributed by atoms with E-state index in [0.29, 0.717) is 16.4 Å². The number of dihydropyridines is 1. The Hall–Kier alpha value is -2.41. The predicted octanol–water partition coefficient (Wildman–Crippen LogP) is 1.69. The minimum Gasteiger partial charge on any atom is -0.297 e. The average molecular weight is 300 g/mol. The third-order valence-electron chi connectivity index (χ3n) is 3.11. The average Bonchev–Trinajstić information content (AvgIpc) is 2.94. The Morgan fingerprint density at radius 1 is 1.38 bits per heavy atom. The van der Waals surface area contributed by atoms with Gasteiger partial charge in [-0.05, 0) is 12.5 Å². The van der Waals surface area contributed by atoms with Crippen LogP contribution in [-0.2, 0) is 16.0 Å². The fraction of sp³-hybridized carbons (Fsp3) is 0.214. The van der Waals surface area contributed by atoms with E-state index in [2.05, 4.69) is 20.5 Å². The van der Waals surface area contributed by atoms with Crippen LogP contribution in [0.1, 0.15) is 11.9 Å². The van der Waals surface area contributed by atoms with Crippen LogP contribution in [0.2, 0.25) is 0 Å². The van der Waals surface area contributed by atoms with Gasteiger partial charge in [0.15, 0.2) is 0 Å². The number of nitrogens with zero attached hydrogens (tertiary/aromatic N) is 3. The van der Waals surface area contributed by atoms with Crippen molar-refractivity contribution in [1.29, 1.82) is 0 Å². The highest BCUT2D eigenvalue weighted by molar-refractivity contribution is 7.15. The van der Waals surface area contributed by atoms with Crippen LogP contribution in [0.25, 0.3) is 0 Å². The summed E-state index contributed by atoms with van der Waals surface area (Å²) in [4.78, 5) is 27.9. The summed E-state index contributed by atoms with van der Waals surface area (Å²) in [5.74, 6) is -1.05. The molecule has 0 aromatic carbocycles. The van der Waals surface area contributed by atoms with Gasteiger partial charge in [-0.25, -0.2) is 4.99 Å². The van der Waals surface area contributed by atoms with Gasteiger partial charge in [-0.1, -0.05) is 36.5 Å². The number of carbonyl (C=O) groups excluding carboxylic acids is 2. The number of aryl methyl sites for hydroxylation is 1. The van der Waals surface area contributed by atoms with E-state index in [1.165, 1.54) is 17.4 Å². The van der Waals surface area contributed by atoms with Crippen LogP contribution in [0.5, 0.6) is 0 Å². The maximum Gasteiger partial charge on any atom is 0.270 e. The number of aromatic nitrogens is 2.